The molecule has 1 aromatic carbocycles. The molecule has 1 heteroatoms. The molecule has 0 amide bonds. The van der Waals surface area contributed by atoms with Crippen LogP contribution in [0, 0.1) is 0 Å². The summed E-state index contributed by atoms with van der Waals surface area (Å²) in [4.78, 5) is 0. The lowest BCUT2D eigenvalue weighted by molar-refractivity contribution is 0.288. The van der Waals surface area contributed by atoms with Crippen LogP contribution in [0.1, 0.15) is 44.7 Å². The normalized spacial score (nSPS) is 15.0. The third-order valence-electron chi connectivity index (χ3n) is 3.43. The van der Waals surface area contributed by atoms with Crippen molar-refractivity contribution in [3.05, 3.63) is 41.5 Å². The quantitative estimate of drug-likeness (QED) is 0.705. The molecule has 1 aliphatic rings. The molecule has 0 radical (unpaired) electrons. The molecule has 0 aliphatic carbocycles. The molecule has 0 fully saturated rings. The number of benzene rings is 1. The SMILES string of the molecule is C=C(C)CC(C)(C)c1ccc2c(c1)CCCO2. The fourth-order valence-corrected chi connectivity index (χ4v) is 2.64. The van der Waals surface area contributed by atoms with Crippen LogP contribution in [0.5, 0.6) is 5.75 Å². The zero-order valence-electron chi connectivity index (χ0n) is 11.2. The predicted molar refractivity (Wildman–Crippen MR) is 72.7 cm³/mol. The first-order valence-corrected chi connectivity index (χ1v) is 6.40. The Morgan fingerprint density at radius 2 is 2.18 bits per heavy atom. The zero-order chi connectivity index (χ0) is 12.5. The predicted octanol–water partition coefficient (Wildman–Crippen LogP) is 4.26. The summed E-state index contributed by atoms with van der Waals surface area (Å²) in [5.41, 5.74) is 4.16. The van der Waals surface area contributed by atoms with Crippen LogP contribution in [0.2, 0.25) is 0 Å². The van der Waals surface area contributed by atoms with E-state index in [-0.39, 0.29) is 5.41 Å². The average Bonchev–Trinajstić information content (AvgIpc) is 2.26. The molecule has 1 nitrogen and oxygen atoms in total. The van der Waals surface area contributed by atoms with Crippen LogP contribution in [0.3, 0.4) is 0 Å². The lowest BCUT2D eigenvalue weighted by atomic mass is 9.78. The summed E-state index contributed by atoms with van der Waals surface area (Å²) in [6.07, 6.45) is 3.32. The largest absolute Gasteiger partial charge is 0.493 e. The van der Waals surface area contributed by atoms with Gasteiger partial charge in [0, 0.05) is 0 Å². The van der Waals surface area contributed by atoms with Gasteiger partial charge in [0.15, 0.2) is 0 Å². The lowest BCUT2D eigenvalue weighted by Crippen LogP contribution is -2.18. The van der Waals surface area contributed by atoms with Crippen molar-refractivity contribution in [3.8, 4) is 5.75 Å². The van der Waals surface area contributed by atoms with Crippen molar-refractivity contribution in [2.24, 2.45) is 0 Å². The Labute approximate surface area is 104 Å². The summed E-state index contributed by atoms with van der Waals surface area (Å²) in [6.45, 7) is 11.6. The topological polar surface area (TPSA) is 9.23 Å². The number of ether oxygens (including phenoxy) is 1. The van der Waals surface area contributed by atoms with E-state index in [1.54, 1.807) is 0 Å². The van der Waals surface area contributed by atoms with Crippen molar-refractivity contribution < 1.29 is 4.74 Å². The average molecular weight is 230 g/mol. The highest BCUT2D eigenvalue weighted by molar-refractivity contribution is 5.41. The molecule has 0 N–H and O–H groups in total. The molecular formula is C16H22O. The molecule has 1 aromatic rings. The summed E-state index contributed by atoms with van der Waals surface area (Å²) in [5.74, 6) is 1.08. The van der Waals surface area contributed by atoms with E-state index in [0.717, 1.165) is 31.6 Å². The highest BCUT2D eigenvalue weighted by Gasteiger charge is 2.22. The van der Waals surface area contributed by atoms with Crippen LogP contribution in [0.15, 0.2) is 30.4 Å². The van der Waals surface area contributed by atoms with Gasteiger partial charge in [-0.05, 0) is 48.8 Å². The summed E-state index contributed by atoms with van der Waals surface area (Å²) in [7, 11) is 0. The Balaban J connectivity index is 2.30. The molecule has 17 heavy (non-hydrogen) atoms. The van der Waals surface area contributed by atoms with Crippen LogP contribution in [0.4, 0.5) is 0 Å². The van der Waals surface area contributed by atoms with Gasteiger partial charge in [-0.15, -0.1) is 6.58 Å². The molecule has 0 saturated carbocycles. The standard InChI is InChI=1S/C16H22O/c1-12(2)11-16(3,4)14-7-8-15-13(10-14)6-5-9-17-15/h7-8,10H,1,5-6,9,11H2,2-4H3. The monoisotopic (exact) mass is 230 g/mol. The Hall–Kier alpha value is -1.24. The number of fused-ring (bicyclic) bond motifs is 1. The molecule has 1 heterocycles. The Kier molecular flexibility index (Phi) is 3.28. The first kappa shape index (κ1) is 12.2. The van der Waals surface area contributed by atoms with Gasteiger partial charge < -0.3 is 4.74 Å². The number of hydrogen-bond donors (Lipinski definition) is 0. The van der Waals surface area contributed by atoms with Gasteiger partial charge in [0.1, 0.15) is 5.75 Å². The Bertz CT molecular complexity index is 429. The van der Waals surface area contributed by atoms with Gasteiger partial charge in [0.2, 0.25) is 0 Å². The minimum Gasteiger partial charge on any atom is -0.493 e. The van der Waals surface area contributed by atoms with E-state index in [1.165, 1.54) is 16.7 Å². The van der Waals surface area contributed by atoms with Crippen molar-refractivity contribution in [3.63, 3.8) is 0 Å². The van der Waals surface area contributed by atoms with Crippen molar-refractivity contribution >= 4 is 0 Å². The summed E-state index contributed by atoms with van der Waals surface area (Å²) < 4.78 is 5.65. The van der Waals surface area contributed by atoms with Crippen LogP contribution < -0.4 is 4.74 Å². The van der Waals surface area contributed by atoms with E-state index in [0.29, 0.717) is 0 Å². The fraction of sp³-hybridized carbons (Fsp3) is 0.500. The first-order chi connectivity index (χ1) is 7.99. The molecule has 0 bridgehead atoms. The third kappa shape index (κ3) is 2.71. The maximum absolute atomic E-state index is 5.65. The number of hydrogen-bond acceptors (Lipinski definition) is 1. The molecule has 0 unspecified atom stereocenters. The molecule has 0 aromatic heterocycles. The second-order valence-electron chi connectivity index (χ2n) is 5.79. The van der Waals surface area contributed by atoms with Crippen molar-refractivity contribution in [1.82, 2.24) is 0 Å². The maximum Gasteiger partial charge on any atom is 0.122 e. The highest BCUT2D eigenvalue weighted by atomic mass is 16.5. The van der Waals surface area contributed by atoms with Gasteiger partial charge in [-0.1, -0.05) is 31.6 Å². The summed E-state index contributed by atoms with van der Waals surface area (Å²) >= 11 is 0. The van der Waals surface area contributed by atoms with Crippen molar-refractivity contribution in [2.45, 2.75) is 45.4 Å². The highest BCUT2D eigenvalue weighted by Crippen LogP contribution is 2.34. The van der Waals surface area contributed by atoms with Crippen molar-refractivity contribution in [1.29, 1.82) is 0 Å². The minimum atomic E-state index is 0.165. The van der Waals surface area contributed by atoms with Gasteiger partial charge in [-0.2, -0.15) is 0 Å². The van der Waals surface area contributed by atoms with Crippen LogP contribution in [-0.4, -0.2) is 6.61 Å². The van der Waals surface area contributed by atoms with Crippen LogP contribution in [-0.2, 0) is 11.8 Å². The van der Waals surface area contributed by atoms with Crippen LogP contribution in [0.25, 0.3) is 0 Å². The first-order valence-electron chi connectivity index (χ1n) is 6.40. The Morgan fingerprint density at radius 1 is 1.41 bits per heavy atom. The molecule has 1 aliphatic heterocycles. The van der Waals surface area contributed by atoms with Gasteiger partial charge in [-0.3, -0.25) is 0 Å². The number of rotatable bonds is 3. The smallest absolute Gasteiger partial charge is 0.122 e. The molecular weight excluding hydrogens is 208 g/mol. The number of allylic oxidation sites excluding steroid dienone is 1. The number of aryl methyl sites for hydroxylation is 1. The molecule has 92 valence electrons. The van der Waals surface area contributed by atoms with E-state index < -0.39 is 0 Å². The zero-order valence-corrected chi connectivity index (χ0v) is 11.2. The summed E-state index contributed by atoms with van der Waals surface area (Å²) in [5, 5.41) is 0. The van der Waals surface area contributed by atoms with Gasteiger partial charge in [0.25, 0.3) is 0 Å². The maximum atomic E-state index is 5.65. The van der Waals surface area contributed by atoms with E-state index in [4.69, 9.17) is 4.74 Å². The van der Waals surface area contributed by atoms with E-state index >= 15 is 0 Å². The van der Waals surface area contributed by atoms with Gasteiger partial charge in [-0.25, -0.2) is 0 Å². The van der Waals surface area contributed by atoms with Crippen LogP contribution >= 0.6 is 0 Å². The summed E-state index contributed by atoms with van der Waals surface area (Å²) in [6, 6.07) is 6.65. The van der Waals surface area contributed by atoms with Gasteiger partial charge in [0.05, 0.1) is 6.61 Å². The molecule has 0 atom stereocenters. The van der Waals surface area contributed by atoms with Crippen molar-refractivity contribution in [2.75, 3.05) is 6.61 Å². The third-order valence-corrected chi connectivity index (χ3v) is 3.43. The second-order valence-corrected chi connectivity index (χ2v) is 5.79. The van der Waals surface area contributed by atoms with Gasteiger partial charge >= 0.3 is 0 Å². The molecule has 2 rings (SSSR count). The lowest BCUT2D eigenvalue weighted by Gasteiger charge is -2.27. The Morgan fingerprint density at radius 3 is 2.88 bits per heavy atom. The fourth-order valence-electron chi connectivity index (χ4n) is 2.64. The van der Waals surface area contributed by atoms with E-state index in [2.05, 4.69) is 45.5 Å². The molecule has 0 spiro atoms. The van der Waals surface area contributed by atoms with E-state index in [1.807, 2.05) is 0 Å². The van der Waals surface area contributed by atoms with E-state index in [9.17, 15) is 0 Å². The molecule has 0 saturated heterocycles. The minimum absolute atomic E-state index is 0.165. The second kappa shape index (κ2) is 4.56.